The summed E-state index contributed by atoms with van der Waals surface area (Å²) < 4.78 is 0. The minimum Gasteiger partial charge on any atom is -0.0879 e. The van der Waals surface area contributed by atoms with Gasteiger partial charge in [-0.05, 0) is 26.2 Å². The average Bonchev–Trinajstić information content (AvgIpc) is 1.94. The van der Waals surface area contributed by atoms with E-state index in [9.17, 15) is 0 Å². The lowest BCUT2D eigenvalue weighted by atomic mass is 10.2. The van der Waals surface area contributed by atoms with Crippen molar-refractivity contribution in [2.45, 2.75) is 26.2 Å². The highest BCUT2D eigenvalue weighted by molar-refractivity contribution is 5.07. The van der Waals surface area contributed by atoms with Crippen molar-refractivity contribution in [2.75, 3.05) is 0 Å². The van der Waals surface area contributed by atoms with Gasteiger partial charge >= 0.3 is 0 Å². The molecule has 0 N–H and O–H groups in total. The summed E-state index contributed by atoms with van der Waals surface area (Å²) in [5.41, 5.74) is 1.51. The minimum absolute atomic E-state index is 1.17. The summed E-state index contributed by atoms with van der Waals surface area (Å²) in [4.78, 5) is 0. The summed E-state index contributed by atoms with van der Waals surface area (Å²) in [6.07, 6.45) is 10.5. The second-order valence-electron chi connectivity index (χ2n) is 2.30. The van der Waals surface area contributed by atoms with E-state index in [1.165, 1.54) is 24.8 Å². The van der Waals surface area contributed by atoms with Crippen LogP contribution in [0.2, 0.25) is 0 Å². The van der Waals surface area contributed by atoms with Gasteiger partial charge < -0.3 is 0 Å². The van der Waals surface area contributed by atoms with E-state index in [-0.39, 0.29) is 0 Å². The van der Waals surface area contributed by atoms with Crippen molar-refractivity contribution in [3.05, 3.63) is 23.8 Å². The van der Waals surface area contributed by atoms with Gasteiger partial charge in [0.25, 0.3) is 0 Å². The molecule has 8 heavy (non-hydrogen) atoms. The molecule has 0 fully saturated rings. The van der Waals surface area contributed by atoms with Crippen LogP contribution in [0.5, 0.6) is 0 Å². The van der Waals surface area contributed by atoms with Gasteiger partial charge in [0.05, 0.1) is 0 Å². The van der Waals surface area contributed by atoms with E-state index in [2.05, 4.69) is 25.2 Å². The van der Waals surface area contributed by atoms with Crippen molar-refractivity contribution in [1.29, 1.82) is 0 Å². The van der Waals surface area contributed by atoms with Crippen LogP contribution < -0.4 is 0 Å². The first-order valence-electron chi connectivity index (χ1n) is 3.20. The summed E-state index contributed by atoms with van der Waals surface area (Å²) >= 11 is 0. The topological polar surface area (TPSA) is 0 Å². The standard InChI is InChI=1S/C8H12/c1-8-6-4-2-3-5-7-8/h2,4,7H,3,5-6H2,1H3. The van der Waals surface area contributed by atoms with Crippen LogP contribution >= 0.6 is 0 Å². The van der Waals surface area contributed by atoms with E-state index in [0.717, 1.165) is 0 Å². The molecular weight excluding hydrogens is 96.1 g/mol. The van der Waals surface area contributed by atoms with Gasteiger partial charge in [-0.25, -0.2) is 0 Å². The molecule has 0 radical (unpaired) electrons. The molecule has 0 amide bonds. The summed E-state index contributed by atoms with van der Waals surface area (Å²) in [6.45, 7) is 2.19. The Morgan fingerprint density at radius 3 is 3.00 bits per heavy atom. The molecule has 0 aromatic heterocycles. The summed E-state index contributed by atoms with van der Waals surface area (Å²) in [7, 11) is 0. The van der Waals surface area contributed by atoms with Crippen molar-refractivity contribution in [1.82, 2.24) is 0 Å². The fourth-order valence-corrected chi connectivity index (χ4v) is 0.896. The van der Waals surface area contributed by atoms with Crippen LogP contribution in [0.1, 0.15) is 26.2 Å². The minimum atomic E-state index is 1.17. The fourth-order valence-electron chi connectivity index (χ4n) is 0.896. The molecule has 0 heteroatoms. The summed E-state index contributed by atoms with van der Waals surface area (Å²) in [5.74, 6) is 0. The zero-order chi connectivity index (χ0) is 5.82. The lowest BCUT2D eigenvalue weighted by Crippen LogP contribution is -1.67. The van der Waals surface area contributed by atoms with E-state index in [4.69, 9.17) is 0 Å². The predicted molar refractivity (Wildman–Crippen MR) is 36.7 cm³/mol. The molecule has 1 rings (SSSR count). The van der Waals surface area contributed by atoms with Crippen molar-refractivity contribution in [3.63, 3.8) is 0 Å². The summed E-state index contributed by atoms with van der Waals surface area (Å²) in [6, 6.07) is 0. The third-order valence-electron chi connectivity index (χ3n) is 1.43. The third kappa shape index (κ3) is 1.53. The van der Waals surface area contributed by atoms with Crippen LogP contribution in [0.3, 0.4) is 0 Å². The van der Waals surface area contributed by atoms with Crippen LogP contribution in [0.4, 0.5) is 0 Å². The van der Waals surface area contributed by atoms with Gasteiger partial charge in [0.1, 0.15) is 0 Å². The molecule has 0 saturated carbocycles. The lowest BCUT2D eigenvalue weighted by molar-refractivity contribution is 1.05. The Morgan fingerprint density at radius 2 is 2.12 bits per heavy atom. The van der Waals surface area contributed by atoms with Crippen LogP contribution in [0, 0.1) is 0 Å². The maximum Gasteiger partial charge on any atom is -0.0142 e. The zero-order valence-corrected chi connectivity index (χ0v) is 5.35. The Hall–Kier alpha value is -0.520. The smallest absolute Gasteiger partial charge is 0.0142 e. The normalized spacial score (nSPS) is 19.9. The lowest BCUT2D eigenvalue weighted by Gasteiger charge is -1.87. The highest BCUT2D eigenvalue weighted by Crippen LogP contribution is 2.08. The van der Waals surface area contributed by atoms with Crippen molar-refractivity contribution >= 4 is 0 Å². The molecule has 0 heterocycles. The van der Waals surface area contributed by atoms with E-state index in [1.54, 1.807) is 0 Å². The molecule has 0 spiro atoms. The van der Waals surface area contributed by atoms with Gasteiger partial charge in [0.15, 0.2) is 0 Å². The van der Waals surface area contributed by atoms with Gasteiger partial charge in [-0.15, -0.1) is 0 Å². The van der Waals surface area contributed by atoms with Crippen LogP contribution in [0.15, 0.2) is 23.8 Å². The van der Waals surface area contributed by atoms with Gasteiger partial charge in [-0.3, -0.25) is 0 Å². The molecular formula is C8H12. The monoisotopic (exact) mass is 108 g/mol. The fraction of sp³-hybridized carbons (Fsp3) is 0.500. The quantitative estimate of drug-likeness (QED) is 0.418. The number of hydrogen-bond donors (Lipinski definition) is 0. The molecule has 0 saturated heterocycles. The van der Waals surface area contributed by atoms with E-state index < -0.39 is 0 Å². The van der Waals surface area contributed by atoms with Crippen molar-refractivity contribution in [2.24, 2.45) is 0 Å². The Morgan fingerprint density at radius 1 is 1.25 bits per heavy atom. The molecule has 1 aliphatic carbocycles. The van der Waals surface area contributed by atoms with Crippen molar-refractivity contribution in [3.8, 4) is 0 Å². The van der Waals surface area contributed by atoms with Gasteiger partial charge in [-0.1, -0.05) is 23.8 Å². The molecule has 0 atom stereocenters. The Bertz CT molecular complexity index is 118. The molecule has 0 unspecified atom stereocenters. The van der Waals surface area contributed by atoms with Gasteiger partial charge in [-0.2, -0.15) is 0 Å². The highest BCUT2D eigenvalue weighted by atomic mass is 13.9. The van der Waals surface area contributed by atoms with Gasteiger partial charge in [0.2, 0.25) is 0 Å². The third-order valence-corrected chi connectivity index (χ3v) is 1.43. The Labute approximate surface area is 50.9 Å². The van der Waals surface area contributed by atoms with Crippen LogP contribution in [-0.2, 0) is 0 Å². The second-order valence-corrected chi connectivity index (χ2v) is 2.30. The number of hydrogen-bond acceptors (Lipinski definition) is 0. The van der Waals surface area contributed by atoms with Crippen molar-refractivity contribution < 1.29 is 0 Å². The SMILES string of the molecule is CC1=CCCC=CC1. The summed E-state index contributed by atoms with van der Waals surface area (Å²) in [5, 5.41) is 0. The molecule has 44 valence electrons. The van der Waals surface area contributed by atoms with E-state index in [0.29, 0.717) is 0 Å². The predicted octanol–water partition coefficient (Wildman–Crippen LogP) is 2.67. The largest absolute Gasteiger partial charge is 0.0879 e. The van der Waals surface area contributed by atoms with E-state index in [1.807, 2.05) is 0 Å². The molecule has 0 aromatic carbocycles. The van der Waals surface area contributed by atoms with E-state index >= 15 is 0 Å². The molecule has 0 aliphatic heterocycles. The first kappa shape index (κ1) is 5.61. The maximum atomic E-state index is 2.32. The average molecular weight is 108 g/mol. The Balaban J connectivity index is 2.51. The zero-order valence-electron chi connectivity index (χ0n) is 5.35. The highest BCUT2D eigenvalue weighted by Gasteiger charge is 1.88. The first-order chi connectivity index (χ1) is 3.89. The molecule has 0 aromatic rings. The number of rotatable bonds is 0. The molecule has 0 nitrogen and oxygen atoms in total. The molecule has 1 aliphatic rings. The molecule has 0 bridgehead atoms. The van der Waals surface area contributed by atoms with Crippen LogP contribution in [-0.4, -0.2) is 0 Å². The maximum absolute atomic E-state index is 2.32. The Kier molecular flexibility index (Phi) is 1.90. The second kappa shape index (κ2) is 2.71. The first-order valence-corrected chi connectivity index (χ1v) is 3.20. The van der Waals surface area contributed by atoms with Gasteiger partial charge in [0, 0.05) is 0 Å². The number of allylic oxidation sites excluding steroid dienone is 4. The van der Waals surface area contributed by atoms with Crippen LogP contribution in [0.25, 0.3) is 0 Å².